The van der Waals surface area contributed by atoms with Crippen molar-refractivity contribution in [1.82, 2.24) is 25.1 Å². The molecule has 2 unspecified atom stereocenters. The summed E-state index contributed by atoms with van der Waals surface area (Å²) in [6, 6.07) is -0.0260. The van der Waals surface area contributed by atoms with Crippen molar-refractivity contribution in [1.29, 1.82) is 0 Å². The molecule has 1 aliphatic heterocycles. The Morgan fingerprint density at radius 2 is 2.30 bits per heavy atom. The molecule has 114 valence electrons. The number of piperidine rings is 1. The minimum Gasteiger partial charge on any atom is -0.316 e. The molecule has 1 aliphatic rings. The minimum absolute atomic E-state index is 0.0260. The van der Waals surface area contributed by atoms with Crippen molar-refractivity contribution in [3.8, 4) is 0 Å². The van der Waals surface area contributed by atoms with E-state index in [1.54, 1.807) is 13.2 Å². The second-order valence-electron chi connectivity index (χ2n) is 5.51. The van der Waals surface area contributed by atoms with Crippen LogP contribution in [-0.2, 0) is 16.6 Å². The minimum atomic E-state index is -3.55. The molecule has 20 heavy (non-hydrogen) atoms. The molecule has 0 bridgehead atoms. The largest absolute Gasteiger partial charge is 0.316 e. The zero-order valence-electron chi connectivity index (χ0n) is 12.2. The van der Waals surface area contributed by atoms with Crippen molar-refractivity contribution in [2.24, 2.45) is 5.92 Å². The van der Waals surface area contributed by atoms with Gasteiger partial charge in [-0.15, -0.1) is 0 Å². The summed E-state index contributed by atoms with van der Waals surface area (Å²) < 4.78 is 27.7. The van der Waals surface area contributed by atoms with Crippen LogP contribution in [0.2, 0.25) is 0 Å². The maximum atomic E-state index is 12.5. The predicted molar refractivity (Wildman–Crippen MR) is 76.7 cm³/mol. The van der Waals surface area contributed by atoms with Gasteiger partial charge in [0.2, 0.25) is 0 Å². The first-order chi connectivity index (χ1) is 9.44. The van der Waals surface area contributed by atoms with Gasteiger partial charge >= 0.3 is 0 Å². The van der Waals surface area contributed by atoms with E-state index in [2.05, 4.69) is 39.1 Å². The summed E-state index contributed by atoms with van der Waals surface area (Å²) in [5.74, 6) is 0.291. The van der Waals surface area contributed by atoms with Crippen molar-refractivity contribution in [3.05, 3.63) is 11.8 Å². The Kier molecular flexibility index (Phi) is 4.79. The van der Waals surface area contributed by atoms with Gasteiger partial charge < -0.3 is 10.2 Å². The summed E-state index contributed by atoms with van der Waals surface area (Å²) in [6.45, 7) is 4.35. The molecule has 7 nitrogen and oxygen atoms in total. The molecule has 1 aromatic rings. The Hall–Kier alpha value is -0.960. The third-order valence-electron chi connectivity index (χ3n) is 3.73. The van der Waals surface area contributed by atoms with E-state index in [1.165, 1.54) is 0 Å². The van der Waals surface area contributed by atoms with Crippen LogP contribution in [0.3, 0.4) is 0 Å². The molecule has 2 atom stereocenters. The van der Waals surface area contributed by atoms with Gasteiger partial charge in [0.15, 0.2) is 5.03 Å². The van der Waals surface area contributed by atoms with E-state index in [0.717, 1.165) is 19.5 Å². The van der Waals surface area contributed by atoms with E-state index in [-0.39, 0.29) is 11.1 Å². The fourth-order valence-corrected chi connectivity index (χ4v) is 4.15. The number of hydrogen-bond acceptors (Lipinski definition) is 5. The number of likely N-dealkylation sites (tertiary alicyclic amines) is 1. The average molecular weight is 301 g/mol. The number of hydrogen-bond donors (Lipinski definition) is 3. The Morgan fingerprint density at radius 1 is 1.55 bits per heavy atom. The highest BCUT2D eigenvalue weighted by molar-refractivity contribution is 7.89. The fraction of sp³-hybridized carbons (Fsp3) is 0.750. The van der Waals surface area contributed by atoms with Crippen LogP contribution in [-0.4, -0.2) is 56.7 Å². The van der Waals surface area contributed by atoms with Crippen molar-refractivity contribution < 1.29 is 8.42 Å². The van der Waals surface area contributed by atoms with Gasteiger partial charge in [0, 0.05) is 24.7 Å². The van der Waals surface area contributed by atoms with E-state index < -0.39 is 10.0 Å². The summed E-state index contributed by atoms with van der Waals surface area (Å²) in [5.41, 5.74) is 0.653. The molecule has 0 aliphatic carbocycles. The first-order valence-corrected chi connectivity index (χ1v) is 8.30. The van der Waals surface area contributed by atoms with Crippen molar-refractivity contribution in [2.75, 3.05) is 27.2 Å². The molecule has 1 fully saturated rings. The maximum absolute atomic E-state index is 12.5. The van der Waals surface area contributed by atoms with E-state index >= 15 is 0 Å². The molecular weight excluding hydrogens is 278 g/mol. The van der Waals surface area contributed by atoms with Crippen molar-refractivity contribution in [3.63, 3.8) is 0 Å². The Balaban J connectivity index is 2.13. The third kappa shape index (κ3) is 3.38. The summed E-state index contributed by atoms with van der Waals surface area (Å²) >= 11 is 0. The Morgan fingerprint density at radius 3 is 2.95 bits per heavy atom. The van der Waals surface area contributed by atoms with Gasteiger partial charge in [-0.25, -0.2) is 13.1 Å². The summed E-state index contributed by atoms with van der Waals surface area (Å²) in [7, 11) is 0.284. The van der Waals surface area contributed by atoms with Gasteiger partial charge in [-0.2, -0.15) is 5.10 Å². The SMILES string of the molecule is CNCc1cn[nH]c1S(=O)(=O)NC1CCN(C)CC1C. The zero-order chi connectivity index (χ0) is 14.8. The number of nitrogens with zero attached hydrogens (tertiary/aromatic N) is 2. The molecule has 1 saturated heterocycles. The lowest BCUT2D eigenvalue weighted by Crippen LogP contribution is -2.48. The van der Waals surface area contributed by atoms with Crippen LogP contribution in [0, 0.1) is 5.92 Å². The van der Waals surface area contributed by atoms with Crippen LogP contribution in [0.1, 0.15) is 18.9 Å². The second kappa shape index (κ2) is 6.21. The van der Waals surface area contributed by atoms with E-state index in [9.17, 15) is 8.42 Å². The van der Waals surface area contributed by atoms with Crippen molar-refractivity contribution in [2.45, 2.75) is 31.0 Å². The number of sulfonamides is 1. The first kappa shape index (κ1) is 15.4. The van der Waals surface area contributed by atoms with Crippen LogP contribution >= 0.6 is 0 Å². The van der Waals surface area contributed by atoms with Crippen LogP contribution in [0.4, 0.5) is 0 Å². The highest BCUT2D eigenvalue weighted by Gasteiger charge is 2.30. The smallest absolute Gasteiger partial charge is 0.258 e. The van der Waals surface area contributed by atoms with Crippen LogP contribution in [0.5, 0.6) is 0 Å². The number of nitrogens with one attached hydrogen (secondary N) is 3. The molecule has 0 amide bonds. The second-order valence-corrected chi connectivity index (χ2v) is 7.16. The highest BCUT2D eigenvalue weighted by Crippen LogP contribution is 2.19. The lowest BCUT2D eigenvalue weighted by molar-refractivity contribution is 0.188. The van der Waals surface area contributed by atoms with Gasteiger partial charge in [-0.05, 0) is 33.0 Å². The number of H-pyrrole nitrogens is 1. The molecule has 0 aromatic carbocycles. The predicted octanol–water partition coefficient (Wildman–Crippen LogP) is -0.252. The molecule has 0 spiro atoms. The van der Waals surface area contributed by atoms with Crippen LogP contribution < -0.4 is 10.0 Å². The van der Waals surface area contributed by atoms with Gasteiger partial charge in [-0.3, -0.25) is 5.10 Å². The molecule has 2 rings (SSSR count). The topological polar surface area (TPSA) is 90.1 Å². The molecular formula is C12H23N5O2S. The number of rotatable bonds is 5. The number of aromatic nitrogens is 2. The standard InChI is InChI=1S/C12H23N5O2S/c1-9-8-17(3)5-4-11(9)16-20(18,19)12-10(6-13-2)7-14-15-12/h7,9,11,13,16H,4-6,8H2,1-3H3,(H,14,15). The summed E-state index contributed by atoms with van der Waals surface area (Å²) in [5, 5.41) is 9.54. The molecule has 0 saturated carbocycles. The van der Waals surface area contributed by atoms with Gasteiger partial charge in [0.25, 0.3) is 10.0 Å². The molecule has 2 heterocycles. The lowest BCUT2D eigenvalue weighted by atomic mass is 9.95. The third-order valence-corrected chi connectivity index (χ3v) is 5.23. The molecule has 8 heteroatoms. The Labute approximate surface area is 120 Å². The van der Waals surface area contributed by atoms with E-state index in [4.69, 9.17) is 0 Å². The molecule has 1 aromatic heterocycles. The van der Waals surface area contributed by atoms with Crippen LogP contribution in [0.15, 0.2) is 11.2 Å². The Bertz CT molecular complexity index is 542. The normalized spacial score (nSPS) is 24.9. The maximum Gasteiger partial charge on any atom is 0.258 e. The van der Waals surface area contributed by atoms with Gasteiger partial charge in [0.05, 0.1) is 6.20 Å². The molecule has 3 N–H and O–H groups in total. The average Bonchev–Trinajstić information content (AvgIpc) is 2.82. The monoisotopic (exact) mass is 301 g/mol. The molecule has 0 radical (unpaired) electrons. The van der Waals surface area contributed by atoms with Crippen LogP contribution in [0.25, 0.3) is 0 Å². The summed E-state index contributed by atoms with van der Waals surface area (Å²) in [4.78, 5) is 2.22. The van der Waals surface area contributed by atoms with Gasteiger partial charge in [0.1, 0.15) is 0 Å². The zero-order valence-corrected chi connectivity index (χ0v) is 13.0. The number of aromatic amines is 1. The van der Waals surface area contributed by atoms with Crippen molar-refractivity contribution >= 4 is 10.0 Å². The van der Waals surface area contributed by atoms with Gasteiger partial charge in [-0.1, -0.05) is 6.92 Å². The quantitative estimate of drug-likeness (QED) is 0.697. The summed E-state index contributed by atoms with van der Waals surface area (Å²) in [6.07, 6.45) is 2.37. The first-order valence-electron chi connectivity index (χ1n) is 6.81. The van der Waals surface area contributed by atoms with E-state index in [1.807, 2.05) is 0 Å². The fourth-order valence-electron chi connectivity index (χ4n) is 2.64. The highest BCUT2D eigenvalue weighted by atomic mass is 32.2. The van der Waals surface area contributed by atoms with E-state index in [0.29, 0.717) is 18.0 Å². The lowest BCUT2D eigenvalue weighted by Gasteiger charge is -2.34.